The molecule has 2 saturated heterocycles. The largest absolute Gasteiger partial charge is 0.342 e. The molecule has 2 aliphatic rings. The predicted octanol–water partition coefficient (Wildman–Crippen LogP) is 0.918. The summed E-state index contributed by atoms with van der Waals surface area (Å²) >= 11 is 0. The minimum atomic E-state index is 0.224. The van der Waals surface area contributed by atoms with Crippen LogP contribution in [0.15, 0.2) is 12.7 Å². The summed E-state index contributed by atoms with van der Waals surface area (Å²) < 4.78 is 1.76. The van der Waals surface area contributed by atoms with Crippen molar-refractivity contribution in [3.63, 3.8) is 0 Å². The van der Waals surface area contributed by atoms with Crippen LogP contribution < -0.4 is 0 Å². The van der Waals surface area contributed by atoms with E-state index in [9.17, 15) is 9.59 Å². The maximum atomic E-state index is 12.4. The Morgan fingerprint density at radius 3 is 3.04 bits per heavy atom. The number of nitrogens with zero attached hydrogens (tertiary/aromatic N) is 5. The number of carbonyl (C=O) groups excluding carboxylic acids is 2. The molecule has 0 aliphatic carbocycles. The summed E-state index contributed by atoms with van der Waals surface area (Å²) in [5, 5.41) is 4.05. The normalized spacial score (nSPS) is 25.2. The van der Waals surface area contributed by atoms with Crippen molar-refractivity contribution in [2.24, 2.45) is 5.92 Å². The zero-order valence-electron chi connectivity index (χ0n) is 13.7. The summed E-state index contributed by atoms with van der Waals surface area (Å²) in [6.07, 6.45) is 8.06. The van der Waals surface area contributed by atoms with Gasteiger partial charge in [0, 0.05) is 45.6 Å². The van der Waals surface area contributed by atoms with Crippen molar-refractivity contribution < 1.29 is 9.59 Å². The lowest BCUT2D eigenvalue weighted by atomic mass is 9.88. The first-order valence-electron chi connectivity index (χ1n) is 8.51. The molecule has 0 radical (unpaired) electrons. The molecule has 1 aromatic rings. The van der Waals surface area contributed by atoms with Gasteiger partial charge < -0.3 is 9.80 Å². The third kappa shape index (κ3) is 3.71. The van der Waals surface area contributed by atoms with Crippen molar-refractivity contribution in [1.82, 2.24) is 24.6 Å². The molecule has 2 amide bonds. The van der Waals surface area contributed by atoms with E-state index in [4.69, 9.17) is 0 Å². The van der Waals surface area contributed by atoms with Crippen molar-refractivity contribution in [1.29, 1.82) is 0 Å². The summed E-state index contributed by atoms with van der Waals surface area (Å²) in [6.45, 7) is 2.29. The Morgan fingerprint density at radius 1 is 1.39 bits per heavy atom. The number of rotatable bonds is 4. The van der Waals surface area contributed by atoms with Crippen molar-refractivity contribution in [3.8, 4) is 0 Å². The van der Waals surface area contributed by atoms with Crippen LogP contribution in [0.4, 0.5) is 0 Å². The number of aromatic nitrogens is 3. The predicted molar refractivity (Wildman–Crippen MR) is 84.4 cm³/mol. The van der Waals surface area contributed by atoms with Crippen LogP contribution in [0.2, 0.25) is 0 Å². The summed E-state index contributed by atoms with van der Waals surface area (Å²) in [5.41, 5.74) is 0. The van der Waals surface area contributed by atoms with E-state index in [2.05, 4.69) is 10.1 Å². The topological polar surface area (TPSA) is 71.3 Å². The van der Waals surface area contributed by atoms with Crippen LogP contribution in [0.1, 0.15) is 38.5 Å². The number of fused-ring (bicyclic) bond motifs is 1. The van der Waals surface area contributed by atoms with Gasteiger partial charge in [-0.05, 0) is 31.6 Å². The average molecular weight is 319 g/mol. The van der Waals surface area contributed by atoms with Crippen LogP contribution in [0.25, 0.3) is 0 Å². The second-order valence-corrected chi connectivity index (χ2v) is 6.61. The maximum Gasteiger partial charge on any atom is 0.222 e. The molecule has 23 heavy (non-hydrogen) atoms. The number of hydrogen-bond acceptors (Lipinski definition) is 4. The molecule has 0 N–H and O–H groups in total. The van der Waals surface area contributed by atoms with E-state index in [1.165, 1.54) is 6.33 Å². The first-order chi connectivity index (χ1) is 11.1. The third-order valence-electron chi connectivity index (χ3n) is 5.15. The van der Waals surface area contributed by atoms with E-state index < -0.39 is 0 Å². The van der Waals surface area contributed by atoms with E-state index in [0.29, 0.717) is 24.8 Å². The molecular weight excluding hydrogens is 294 g/mol. The fourth-order valence-electron chi connectivity index (χ4n) is 3.82. The highest BCUT2D eigenvalue weighted by molar-refractivity contribution is 5.77. The van der Waals surface area contributed by atoms with Crippen LogP contribution in [0.5, 0.6) is 0 Å². The molecule has 126 valence electrons. The van der Waals surface area contributed by atoms with Gasteiger partial charge in [0.1, 0.15) is 12.7 Å². The molecule has 3 rings (SSSR count). The molecule has 2 atom stereocenters. The van der Waals surface area contributed by atoms with Gasteiger partial charge in [-0.3, -0.25) is 14.3 Å². The molecule has 0 saturated carbocycles. The van der Waals surface area contributed by atoms with Gasteiger partial charge in [-0.2, -0.15) is 5.10 Å². The van der Waals surface area contributed by atoms with E-state index in [0.717, 1.165) is 45.3 Å². The number of aryl methyl sites for hydroxylation is 1. The van der Waals surface area contributed by atoms with Gasteiger partial charge in [0.2, 0.25) is 11.8 Å². The molecule has 1 aromatic heterocycles. The molecule has 2 fully saturated rings. The number of hydrogen-bond donors (Lipinski definition) is 0. The summed E-state index contributed by atoms with van der Waals surface area (Å²) in [5.74, 6) is 0.909. The molecule has 7 heteroatoms. The molecule has 0 aromatic carbocycles. The van der Waals surface area contributed by atoms with Crippen LogP contribution in [-0.4, -0.2) is 62.6 Å². The number of carbonyl (C=O) groups is 2. The zero-order valence-corrected chi connectivity index (χ0v) is 13.7. The Morgan fingerprint density at radius 2 is 2.26 bits per heavy atom. The Kier molecular flexibility index (Phi) is 4.93. The molecule has 3 heterocycles. The van der Waals surface area contributed by atoms with Crippen molar-refractivity contribution in [2.75, 3.05) is 20.1 Å². The Balaban J connectivity index is 1.50. The fourth-order valence-corrected chi connectivity index (χ4v) is 3.82. The van der Waals surface area contributed by atoms with Gasteiger partial charge in [0.15, 0.2) is 0 Å². The summed E-state index contributed by atoms with van der Waals surface area (Å²) in [6, 6.07) is 0.309. The number of amides is 2. The van der Waals surface area contributed by atoms with E-state index in [1.54, 1.807) is 11.0 Å². The van der Waals surface area contributed by atoms with Gasteiger partial charge in [0.25, 0.3) is 0 Å². The highest BCUT2D eigenvalue weighted by Gasteiger charge is 2.36. The Hall–Kier alpha value is -1.92. The van der Waals surface area contributed by atoms with Crippen LogP contribution in [0, 0.1) is 5.92 Å². The van der Waals surface area contributed by atoms with Gasteiger partial charge in [0.05, 0.1) is 0 Å². The van der Waals surface area contributed by atoms with Gasteiger partial charge in [-0.15, -0.1) is 0 Å². The van der Waals surface area contributed by atoms with Crippen molar-refractivity contribution >= 4 is 11.8 Å². The first-order valence-corrected chi connectivity index (χ1v) is 8.51. The third-order valence-corrected chi connectivity index (χ3v) is 5.15. The van der Waals surface area contributed by atoms with Gasteiger partial charge in [-0.1, -0.05) is 0 Å². The minimum Gasteiger partial charge on any atom is -0.342 e. The van der Waals surface area contributed by atoms with E-state index >= 15 is 0 Å². The van der Waals surface area contributed by atoms with Crippen LogP contribution >= 0.6 is 0 Å². The lowest BCUT2D eigenvalue weighted by Gasteiger charge is -2.41. The highest BCUT2D eigenvalue weighted by atomic mass is 16.2. The lowest BCUT2D eigenvalue weighted by molar-refractivity contribution is -0.136. The standard InChI is InChI=1S/C16H25N5O2/c1-19-14-7-9-20(10-13(14)4-2-5-15(19)22)16(23)6-3-8-21-12-17-11-18-21/h11-14H,2-10H2,1H3/t13-,14+/m0/s1. The second-order valence-electron chi connectivity index (χ2n) is 6.61. The van der Waals surface area contributed by atoms with E-state index in [-0.39, 0.29) is 11.8 Å². The molecular formula is C16H25N5O2. The molecule has 2 aliphatic heterocycles. The number of piperidine rings is 1. The van der Waals surface area contributed by atoms with Crippen LogP contribution in [0.3, 0.4) is 0 Å². The lowest BCUT2D eigenvalue weighted by Crippen LogP contribution is -2.51. The smallest absolute Gasteiger partial charge is 0.222 e. The summed E-state index contributed by atoms with van der Waals surface area (Å²) in [4.78, 5) is 32.2. The Labute approximate surface area is 136 Å². The molecule has 0 unspecified atom stereocenters. The summed E-state index contributed by atoms with van der Waals surface area (Å²) in [7, 11) is 1.92. The minimum absolute atomic E-state index is 0.224. The fraction of sp³-hybridized carbons (Fsp3) is 0.750. The number of likely N-dealkylation sites (tertiary alicyclic amines) is 2. The average Bonchev–Trinajstić information content (AvgIpc) is 3.02. The molecule has 7 nitrogen and oxygen atoms in total. The van der Waals surface area contributed by atoms with E-state index in [1.807, 2.05) is 16.8 Å². The van der Waals surface area contributed by atoms with Gasteiger partial charge >= 0.3 is 0 Å². The molecule has 0 spiro atoms. The second kappa shape index (κ2) is 7.10. The SMILES string of the molecule is CN1C(=O)CCC[C@H]2CN(C(=O)CCCn3cncn3)CC[C@H]21. The quantitative estimate of drug-likeness (QED) is 0.827. The van der Waals surface area contributed by atoms with Crippen LogP contribution in [-0.2, 0) is 16.1 Å². The van der Waals surface area contributed by atoms with Crippen molar-refractivity contribution in [3.05, 3.63) is 12.7 Å². The monoisotopic (exact) mass is 319 g/mol. The maximum absolute atomic E-state index is 12.4. The molecule has 0 bridgehead atoms. The van der Waals surface area contributed by atoms with Crippen molar-refractivity contribution in [2.45, 2.75) is 51.1 Å². The van der Waals surface area contributed by atoms with Gasteiger partial charge in [-0.25, -0.2) is 4.98 Å². The highest BCUT2D eigenvalue weighted by Crippen LogP contribution is 2.29. The first kappa shape index (κ1) is 16.0. The zero-order chi connectivity index (χ0) is 16.2. The Bertz CT molecular complexity index is 545.